The molecule has 7 aromatic carbocycles. The van der Waals surface area contributed by atoms with Gasteiger partial charge in [0.2, 0.25) is 0 Å². The molecule has 0 saturated heterocycles. The Kier molecular flexibility index (Phi) is 12.2. The Morgan fingerprint density at radius 1 is 0.267 bits per heavy atom. The van der Waals surface area contributed by atoms with Gasteiger partial charge in [-0.2, -0.15) is 0 Å². The van der Waals surface area contributed by atoms with Crippen LogP contribution in [0.25, 0.3) is 24.3 Å². The smallest absolute Gasteiger partial charge is 0.0493 e. The van der Waals surface area contributed by atoms with Gasteiger partial charge in [0.1, 0.15) is 0 Å². The average Bonchev–Trinajstić information content (AvgIpc) is 3.25. The van der Waals surface area contributed by atoms with Gasteiger partial charge < -0.3 is 9.80 Å². The maximum absolute atomic E-state index is 2.42. The molecule has 0 heterocycles. The van der Waals surface area contributed by atoms with Gasteiger partial charge in [0.15, 0.2) is 0 Å². The fourth-order valence-corrected chi connectivity index (χ4v) is 8.17. The van der Waals surface area contributed by atoms with Crippen LogP contribution in [0.1, 0.15) is 89.0 Å². The van der Waals surface area contributed by atoms with Crippen LogP contribution in [-0.4, -0.2) is 0 Å². The van der Waals surface area contributed by atoms with Crippen molar-refractivity contribution in [3.63, 3.8) is 0 Å². The van der Waals surface area contributed by atoms with Gasteiger partial charge in [-0.15, -0.1) is 0 Å². The third-order valence-corrected chi connectivity index (χ3v) is 13.2. The van der Waals surface area contributed by atoms with Crippen LogP contribution in [-0.2, 0) is 0 Å². The molecule has 7 aromatic rings. The lowest BCUT2D eigenvalue weighted by atomic mass is 9.98. The summed E-state index contributed by atoms with van der Waals surface area (Å²) in [5, 5.41) is 0. The summed E-state index contributed by atoms with van der Waals surface area (Å²) in [6.45, 7) is 26.7. The van der Waals surface area contributed by atoms with Gasteiger partial charge in [-0.05, 0) is 227 Å². The largest absolute Gasteiger partial charge is 0.310 e. The second kappa shape index (κ2) is 17.5. The molecule has 60 heavy (non-hydrogen) atoms. The summed E-state index contributed by atoms with van der Waals surface area (Å²) in [5.41, 5.74) is 27.7. The lowest BCUT2D eigenvalue weighted by Crippen LogP contribution is -2.14. The van der Waals surface area contributed by atoms with E-state index in [-0.39, 0.29) is 0 Å². The number of rotatable bonds is 10. The number of hydrogen-bond acceptors (Lipinski definition) is 2. The Balaban J connectivity index is 1.11. The molecule has 0 N–H and O–H groups in total. The van der Waals surface area contributed by atoms with Gasteiger partial charge >= 0.3 is 0 Å². The lowest BCUT2D eigenvalue weighted by Gasteiger charge is -2.30. The molecule has 302 valence electrons. The molecule has 0 aliphatic carbocycles. The van der Waals surface area contributed by atoms with Gasteiger partial charge in [0.25, 0.3) is 0 Å². The summed E-state index contributed by atoms with van der Waals surface area (Å²) >= 11 is 0. The number of benzene rings is 7. The van der Waals surface area contributed by atoms with E-state index in [0.29, 0.717) is 0 Å². The Bertz CT molecular complexity index is 2460. The van der Waals surface area contributed by atoms with Gasteiger partial charge in [-0.25, -0.2) is 0 Å². The van der Waals surface area contributed by atoms with Crippen LogP contribution >= 0.6 is 0 Å². The van der Waals surface area contributed by atoms with E-state index >= 15 is 0 Å². The molecule has 0 saturated carbocycles. The number of aryl methyl sites for hydroxylation is 4. The molecule has 0 radical (unpaired) electrons. The quantitative estimate of drug-likeness (QED) is 0.127. The highest BCUT2D eigenvalue weighted by molar-refractivity contribution is 5.84. The first-order chi connectivity index (χ1) is 28.7. The zero-order valence-corrected chi connectivity index (χ0v) is 37.8. The first kappa shape index (κ1) is 41.8. The molecule has 0 fully saturated rings. The second-order valence-corrected chi connectivity index (χ2v) is 16.8. The molecule has 0 aliphatic heterocycles. The van der Waals surface area contributed by atoms with Crippen LogP contribution in [0, 0.1) is 83.1 Å². The van der Waals surface area contributed by atoms with Crippen molar-refractivity contribution >= 4 is 58.4 Å². The predicted molar refractivity (Wildman–Crippen MR) is 263 cm³/mol. The molecule has 7 rings (SSSR count). The molecular weight excluding hydrogens is 725 g/mol. The fourth-order valence-electron chi connectivity index (χ4n) is 8.17. The van der Waals surface area contributed by atoms with E-state index in [1.54, 1.807) is 0 Å². The van der Waals surface area contributed by atoms with E-state index in [4.69, 9.17) is 0 Å². The lowest BCUT2D eigenvalue weighted by molar-refractivity contribution is 1.16. The van der Waals surface area contributed by atoms with Crippen LogP contribution < -0.4 is 9.80 Å². The molecule has 0 amide bonds. The summed E-state index contributed by atoms with van der Waals surface area (Å²) in [6.07, 6.45) is 8.83. The number of nitrogens with zero attached hydrogens (tertiary/aromatic N) is 2. The molecule has 0 aliphatic rings. The molecule has 0 bridgehead atoms. The van der Waals surface area contributed by atoms with Crippen molar-refractivity contribution in [2.24, 2.45) is 0 Å². The normalized spacial score (nSPS) is 11.5. The third-order valence-electron chi connectivity index (χ3n) is 13.2. The maximum Gasteiger partial charge on any atom is 0.0493 e. The third kappa shape index (κ3) is 8.38. The van der Waals surface area contributed by atoms with Crippen LogP contribution in [0.5, 0.6) is 0 Å². The minimum atomic E-state index is 1.15. The Morgan fingerprint density at radius 3 is 0.817 bits per heavy atom. The molecule has 0 atom stereocenters. The summed E-state index contributed by atoms with van der Waals surface area (Å²) in [6, 6.07) is 44.7. The summed E-state index contributed by atoms with van der Waals surface area (Å²) in [4.78, 5) is 4.85. The van der Waals surface area contributed by atoms with Crippen molar-refractivity contribution in [1.82, 2.24) is 0 Å². The van der Waals surface area contributed by atoms with Crippen molar-refractivity contribution in [1.29, 1.82) is 0 Å². The Hall–Kier alpha value is -6.38. The fraction of sp³-hybridized carbons (Fsp3) is 0.207. The SMILES string of the molecule is Cc1ccc(N(c2ccc(/C=C/c3cccc(/C=C/c4ccc(N(c5ccc(C)c(C)c5C)c5ccc(C)c(C)c5C)cc4)c3)cc2)c2ccc(C)c(C)c2C)c(C)c1C. The van der Waals surface area contributed by atoms with Crippen molar-refractivity contribution in [2.75, 3.05) is 9.80 Å². The summed E-state index contributed by atoms with van der Waals surface area (Å²) in [5.74, 6) is 0. The number of hydrogen-bond donors (Lipinski definition) is 0. The molecule has 2 nitrogen and oxygen atoms in total. The first-order valence-electron chi connectivity index (χ1n) is 21.3. The van der Waals surface area contributed by atoms with E-state index in [1.165, 1.54) is 89.5 Å². The topological polar surface area (TPSA) is 6.48 Å². The molecule has 2 heteroatoms. The van der Waals surface area contributed by atoms with Crippen molar-refractivity contribution < 1.29 is 0 Å². The zero-order chi connectivity index (χ0) is 42.8. The van der Waals surface area contributed by atoms with Gasteiger partial charge in [-0.3, -0.25) is 0 Å². The highest BCUT2D eigenvalue weighted by atomic mass is 15.2. The molecule has 0 spiro atoms. The van der Waals surface area contributed by atoms with E-state index in [2.05, 4.69) is 239 Å². The van der Waals surface area contributed by atoms with Gasteiger partial charge in [0, 0.05) is 34.1 Å². The highest BCUT2D eigenvalue weighted by Gasteiger charge is 2.21. The average molecular weight is 785 g/mol. The van der Waals surface area contributed by atoms with E-state index < -0.39 is 0 Å². The van der Waals surface area contributed by atoms with Crippen molar-refractivity contribution in [3.8, 4) is 0 Å². The van der Waals surface area contributed by atoms with Gasteiger partial charge in [-0.1, -0.05) is 91.0 Å². The van der Waals surface area contributed by atoms with Crippen LogP contribution in [0.3, 0.4) is 0 Å². The van der Waals surface area contributed by atoms with Crippen LogP contribution in [0.4, 0.5) is 34.1 Å². The predicted octanol–water partition coefficient (Wildman–Crippen LogP) is 16.7. The van der Waals surface area contributed by atoms with Crippen molar-refractivity contribution in [3.05, 3.63) is 210 Å². The highest BCUT2D eigenvalue weighted by Crippen LogP contribution is 2.42. The minimum Gasteiger partial charge on any atom is -0.310 e. The molecule has 0 aromatic heterocycles. The Labute approximate surface area is 360 Å². The number of anilines is 6. The first-order valence-corrected chi connectivity index (χ1v) is 21.3. The van der Waals surface area contributed by atoms with Crippen LogP contribution in [0.15, 0.2) is 121 Å². The minimum absolute atomic E-state index is 1.15. The second-order valence-electron chi connectivity index (χ2n) is 16.8. The van der Waals surface area contributed by atoms with Gasteiger partial charge in [0.05, 0.1) is 0 Å². The maximum atomic E-state index is 2.42. The monoisotopic (exact) mass is 784 g/mol. The summed E-state index contributed by atoms with van der Waals surface area (Å²) in [7, 11) is 0. The molecular formula is C58H60N2. The summed E-state index contributed by atoms with van der Waals surface area (Å²) < 4.78 is 0. The Morgan fingerprint density at radius 2 is 0.533 bits per heavy atom. The molecule has 0 unspecified atom stereocenters. The van der Waals surface area contributed by atoms with E-state index in [9.17, 15) is 0 Å². The van der Waals surface area contributed by atoms with Crippen LogP contribution in [0.2, 0.25) is 0 Å². The zero-order valence-electron chi connectivity index (χ0n) is 37.8. The standard InChI is InChI=1S/C58H60N2/c1-37-16-32-55(45(9)41(37)5)59(56-33-17-38(2)42(6)46(56)10)53-28-24-49(25-29-53)20-22-51-14-13-15-52(36-51)23-21-50-26-30-54(31-27-50)60(57-34-18-39(3)43(7)47(57)11)58-35-19-40(4)44(8)48(58)12/h13-36H,1-12H3/b22-20+,23-21+. The van der Waals surface area contributed by atoms with Crippen molar-refractivity contribution in [2.45, 2.75) is 83.1 Å². The van der Waals surface area contributed by atoms with E-state index in [1.807, 2.05) is 0 Å². The van der Waals surface area contributed by atoms with E-state index in [0.717, 1.165) is 33.6 Å².